The molecule has 1 aromatic heterocycles. The van der Waals surface area contributed by atoms with Gasteiger partial charge >= 0.3 is 16.2 Å². The predicted molar refractivity (Wildman–Crippen MR) is 163 cm³/mol. The van der Waals surface area contributed by atoms with Crippen molar-refractivity contribution in [3.05, 3.63) is 71.4 Å². The minimum atomic E-state index is -4.03. The summed E-state index contributed by atoms with van der Waals surface area (Å²) in [4.78, 5) is 54.7. The molecule has 1 N–H and O–H groups in total. The first-order chi connectivity index (χ1) is 21.2. The second-order valence-corrected chi connectivity index (χ2v) is 12.9. The van der Waals surface area contributed by atoms with Crippen LogP contribution < -0.4 is 9.50 Å². The van der Waals surface area contributed by atoms with Gasteiger partial charge in [0.1, 0.15) is 23.1 Å². The van der Waals surface area contributed by atoms with Gasteiger partial charge in [-0.25, -0.2) is 14.1 Å². The van der Waals surface area contributed by atoms with Crippen LogP contribution in [-0.4, -0.2) is 54.4 Å². The van der Waals surface area contributed by atoms with Crippen LogP contribution in [0.1, 0.15) is 68.3 Å². The summed E-state index contributed by atoms with van der Waals surface area (Å²) in [5, 5.41) is 2.24. The number of furan rings is 1. The van der Waals surface area contributed by atoms with E-state index in [1.165, 1.54) is 20.8 Å². The molecule has 3 amide bonds. The number of rotatable bonds is 13. The third-order valence-electron chi connectivity index (χ3n) is 7.26. The van der Waals surface area contributed by atoms with Gasteiger partial charge in [0.15, 0.2) is 17.4 Å². The van der Waals surface area contributed by atoms with E-state index in [9.17, 15) is 32.0 Å². The maximum atomic E-state index is 15.0. The van der Waals surface area contributed by atoms with Crippen LogP contribution in [0.15, 0.2) is 52.9 Å². The smallest absolute Gasteiger partial charge is 0.418 e. The molecule has 2 heterocycles. The largest absolute Gasteiger partial charge is 0.465 e. The molecule has 240 valence electrons. The van der Waals surface area contributed by atoms with Gasteiger partial charge in [-0.3, -0.25) is 14.4 Å². The summed E-state index contributed by atoms with van der Waals surface area (Å²) in [5.41, 5.74) is -1.36. The van der Waals surface area contributed by atoms with Crippen molar-refractivity contribution >= 4 is 39.5 Å². The molecule has 1 atom stereocenters. The number of halogens is 1. The summed E-state index contributed by atoms with van der Waals surface area (Å²) in [6.07, 6.45) is 1.59. The molecule has 1 aliphatic rings. The number of ether oxygens (including phenoxy) is 1. The van der Waals surface area contributed by atoms with Crippen LogP contribution in [0.3, 0.4) is 0 Å². The molecule has 0 radical (unpaired) electrons. The van der Waals surface area contributed by atoms with Gasteiger partial charge in [-0.2, -0.15) is 8.42 Å². The monoisotopic (exact) mass is 642 g/mol. The van der Waals surface area contributed by atoms with Crippen LogP contribution in [0.4, 0.5) is 14.9 Å². The number of Topliss-reactive ketones (excluding diaryl/α,β-unsaturated/α-hetero) is 1. The highest BCUT2D eigenvalue weighted by Crippen LogP contribution is 2.35. The summed E-state index contributed by atoms with van der Waals surface area (Å²) in [6, 6.07) is 9.45. The van der Waals surface area contributed by atoms with Crippen LogP contribution in [0, 0.1) is 19.7 Å². The molecule has 3 aromatic rings. The lowest BCUT2D eigenvalue weighted by Gasteiger charge is -2.23. The van der Waals surface area contributed by atoms with Gasteiger partial charge in [-0.15, -0.1) is 0 Å². The Hall–Kier alpha value is -4.52. The average Bonchev–Trinajstić information content (AvgIpc) is 3.38. The summed E-state index contributed by atoms with van der Waals surface area (Å²) in [7, 11) is -4.03. The number of imide groups is 1. The first-order valence-electron chi connectivity index (χ1n) is 14.5. The molecule has 2 aromatic carbocycles. The van der Waals surface area contributed by atoms with Crippen LogP contribution in [0.25, 0.3) is 11.1 Å². The molecule has 0 spiro atoms. The SMILES string of the molecule is CCCCCCS(=O)(=O)Oc1ccc(F)c(NC(=O)C(C(=O)c2c(C)oc(C)c2-c2ccccc2)N2C(=O)OC(C)(C)C2=O)c1. The lowest BCUT2D eigenvalue weighted by molar-refractivity contribution is -0.137. The average molecular weight is 643 g/mol. The zero-order valence-electron chi connectivity index (χ0n) is 25.6. The van der Waals surface area contributed by atoms with E-state index in [-0.39, 0.29) is 22.8 Å². The lowest BCUT2D eigenvalue weighted by atomic mass is 9.93. The quantitative estimate of drug-likeness (QED) is 0.103. The molecule has 13 heteroatoms. The van der Waals surface area contributed by atoms with Crippen molar-refractivity contribution in [2.24, 2.45) is 0 Å². The van der Waals surface area contributed by atoms with Gasteiger partial charge in [0.05, 0.1) is 17.0 Å². The van der Waals surface area contributed by atoms with E-state index in [1.807, 2.05) is 6.92 Å². The van der Waals surface area contributed by atoms with Crippen LogP contribution in [0.5, 0.6) is 5.75 Å². The van der Waals surface area contributed by atoms with Crippen LogP contribution >= 0.6 is 0 Å². The second-order valence-electron chi connectivity index (χ2n) is 11.2. The summed E-state index contributed by atoms with van der Waals surface area (Å²) in [6.45, 7) is 7.72. The third-order valence-corrected chi connectivity index (χ3v) is 8.50. The first kappa shape index (κ1) is 33.4. The van der Waals surface area contributed by atoms with Gasteiger partial charge in [0, 0.05) is 11.6 Å². The topological polar surface area (TPSA) is 149 Å². The van der Waals surface area contributed by atoms with E-state index in [2.05, 4.69) is 5.32 Å². The number of ketones is 1. The number of nitrogens with zero attached hydrogens (tertiary/aromatic N) is 1. The van der Waals surface area contributed by atoms with Crippen molar-refractivity contribution in [3.8, 4) is 16.9 Å². The Morgan fingerprint density at radius 3 is 2.33 bits per heavy atom. The van der Waals surface area contributed by atoms with Crippen molar-refractivity contribution in [1.29, 1.82) is 0 Å². The molecule has 11 nitrogen and oxygen atoms in total. The van der Waals surface area contributed by atoms with Gasteiger partial charge in [-0.1, -0.05) is 56.5 Å². The maximum Gasteiger partial charge on any atom is 0.418 e. The molecule has 0 aliphatic carbocycles. The van der Waals surface area contributed by atoms with Crippen molar-refractivity contribution in [1.82, 2.24) is 4.90 Å². The summed E-state index contributed by atoms with van der Waals surface area (Å²) >= 11 is 0. The van der Waals surface area contributed by atoms with E-state index in [0.717, 1.165) is 31.0 Å². The molecule has 0 bridgehead atoms. The lowest BCUT2D eigenvalue weighted by Crippen LogP contribution is -2.53. The number of hydrogen-bond donors (Lipinski definition) is 1. The highest BCUT2D eigenvalue weighted by atomic mass is 32.2. The number of benzene rings is 2. The summed E-state index contributed by atoms with van der Waals surface area (Å²) < 4.78 is 55.9. The first-order valence-corrected chi connectivity index (χ1v) is 16.0. The zero-order chi connectivity index (χ0) is 33.1. The molecule has 4 rings (SSSR count). The normalized spacial score (nSPS) is 15.1. The molecule has 45 heavy (non-hydrogen) atoms. The van der Waals surface area contributed by atoms with Crippen molar-refractivity contribution in [2.75, 3.05) is 11.1 Å². The zero-order valence-corrected chi connectivity index (χ0v) is 26.5. The Morgan fingerprint density at radius 1 is 1.02 bits per heavy atom. The minimum Gasteiger partial charge on any atom is -0.465 e. The predicted octanol–water partition coefficient (Wildman–Crippen LogP) is 5.94. The minimum absolute atomic E-state index is 0.0594. The molecule has 1 unspecified atom stereocenters. The number of amides is 3. The Labute approximate surface area is 260 Å². The number of carbonyl (C=O) groups excluding carboxylic acids is 4. The van der Waals surface area contributed by atoms with Gasteiger partial charge in [0.2, 0.25) is 0 Å². The second kappa shape index (κ2) is 13.2. The fourth-order valence-electron chi connectivity index (χ4n) is 5.08. The number of nitrogens with one attached hydrogen (secondary N) is 1. The van der Waals surface area contributed by atoms with E-state index in [0.29, 0.717) is 34.6 Å². The number of anilines is 1. The molecule has 1 fully saturated rings. The Balaban J connectivity index is 1.72. The highest BCUT2D eigenvalue weighted by molar-refractivity contribution is 7.87. The van der Waals surface area contributed by atoms with Crippen LogP contribution in [-0.2, 0) is 24.4 Å². The van der Waals surface area contributed by atoms with Gasteiger partial charge < -0.3 is 18.7 Å². The van der Waals surface area contributed by atoms with Gasteiger partial charge in [-0.05, 0) is 51.8 Å². The molecule has 0 saturated carbocycles. The van der Waals surface area contributed by atoms with Crippen molar-refractivity contribution < 1.29 is 45.3 Å². The number of hydrogen-bond acceptors (Lipinski definition) is 9. The fourth-order valence-corrected chi connectivity index (χ4v) is 6.11. The third kappa shape index (κ3) is 7.25. The fraction of sp³-hybridized carbons (Fsp3) is 0.375. The Kier molecular flexibility index (Phi) is 9.81. The molecule has 1 aliphatic heterocycles. The molecular formula is C32H35FN2O9S. The Bertz CT molecular complexity index is 1730. The summed E-state index contributed by atoms with van der Waals surface area (Å²) in [5.74, 6) is -4.25. The van der Waals surface area contributed by atoms with E-state index in [4.69, 9.17) is 13.3 Å². The number of aryl methyl sites for hydroxylation is 2. The van der Waals surface area contributed by atoms with E-state index < -0.39 is 57.0 Å². The van der Waals surface area contributed by atoms with E-state index >= 15 is 0 Å². The molecule has 1 saturated heterocycles. The Morgan fingerprint density at radius 2 is 1.71 bits per heavy atom. The van der Waals surface area contributed by atoms with E-state index in [1.54, 1.807) is 37.3 Å². The maximum absolute atomic E-state index is 15.0. The highest BCUT2D eigenvalue weighted by Gasteiger charge is 2.54. The van der Waals surface area contributed by atoms with Gasteiger partial charge in [0.25, 0.3) is 11.8 Å². The number of cyclic esters (lactones) is 1. The van der Waals surface area contributed by atoms with Crippen LogP contribution in [0.2, 0.25) is 0 Å². The standard InChI is InChI=1S/C32H35FN2O9S/c1-6-7-8-12-17-45(40,41)44-22-15-16-23(33)24(18-22)34-29(37)27(35-30(38)32(4,5)43-31(35)39)28(36)26-20(3)42-19(2)25(26)21-13-10-9-11-14-21/h9-11,13-16,18,27H,6-8,12,17H2,1-5H3,(H,34,37). The molecular weight excluding hydrogens is 607 g/mol. The number of carbonyl (C=O) groups is 4. The number of unbranched alkanes of at least 4 members (excludes halogenated alkanes) is 3. The van der Waals surface area contributed by atoms with Crippen molar-refractivity contribution in [2.45, 2.75) is 71.9 Å². The van der Waals surface area contributed by atoms with Crippen molar-refractivity contribution in [3.63, 3.8) is 0 Å².